The molecule has 0 aromatic heterocycles. The van der Waals surface area contributed by atoms with Crippen molar-refractivity contribution in [2.24, 2.45) is 5.92 Å². The number of hydrogen-bond acceptors (Lipinski definition) is 3. The fourth-order valence-electron chi connectivity index (χ4n) is 2.03. The number of aliphatic hydroxyl groups excluding tert-OH is 1. The van der Waals surface area contributed by atoms with Crippen LogP contribution in [0, 0.1) is 5.92 Å². The van der Waals surface area contributed by atoms with Crippen molar-refractivity contribution in [3.63, 3.8) is 0 Å². The lowest BCUT2D eigenvalue weighted by Crippen LogP contribution is -2.37. The third-order valence-electron chi connectivity index (χ3n) is 3.18. The van der Waals surface area contributed by atoms with Crippen molar-refractivity contribution in [3.05, 3.63) is 0 Å². The van der Waals surface area contributed by atoms with Crippen molar-refractivity contribution in [2.45, 2.75) is 44.2 Å². The van der Waals surface area contributed by atoms with Crippen LogP contribution in [0.5, 0.6) is 0 Å². The van der Waals surface area contributed by atoms with Gasteiger partial charge in [0.2, 0.25) is 0 Å². The van der Waals surface area contributed by atoms with Crippen LogP contribution in [0.3, 0.4) is 0 Å². The highest BCUT2D eigenvalue weighted by atomic mass is 16.5. The van der Waals surface area contributed by atoms with E-state index >= 15 is 0 Å². The van der Waals surface area contributed by atoms with Gasteiger partial charge in [0.15, 0.2) is 0 Å². The highest BCUT2D eigenvalue weighted by molar-refractivity contribution is 4.82. The summed E-state index contributed by atoms with van der Waals surface area (Å²) in [5, 5.41) is 12.9. The molecule has 2 aliphatic carbocycles. The quantitative estimate of drug-likeness (QED) is 0.625. The lowest BCUT2D eigenvalue weighted by Gasteiger charge is -2.16. The average molecular weight is 199 g/mol. The molecule has 2 saturated carbocycles. The van der Waals surface area contributed by atoms with E-state index in [2.05, 4.69) is 5.32 Å². The van der Waals surface area contributed by atoms with Crippen LogP contribution in [-0.4, -0.2) is 37.0 Å². The van der Waals surface area contributed by atoms with Gasteiger partial charge in [0.1, 0.15) is 0 Å². The third kappa shape index (κ3) is 3.23. The molecule has 0 radical (unpaired) electrons. The molecule has 0 spiro atoms. The summed E-state index contributed by atoms with van der Waals surface area (Å²) in [5.74, 6) is 0.854. The Morgan fingerprint density at radius 3 is 2.71 bits per heavy atom. The minimum Gasteiger partial charge on any atom is -0.392 e. The summed E-state index contributed by atoms with van der Waals surface area (Å²) >= 11 is 0. The minimum absolute atomic E-state index is 0.126. The summed E-state index contributed by atoms with van der Waals surface area (Å²) in [5.41, 5.74) is 0. The Morgan fingerprint density at radius 1 is 1.21 bits per heavy atom. The van der Waals surface area contributed by atoms with Gasteiger partial charge in [-0.2, -0.15) is 0 Å². The van der Waals surface area contributed by atoms with Crippen molar-refractivity contribution in [1.82, 2.24) is 5.32 Å². The van der Waals surface area contributed by atoms with Crippen molar-refractivity contribution in [1.29, 1.82) is 0 Å². The maximum atomic E-state index is 9.54. The lowest BCUT2D eigenvalue weighted by molar-refractivity contribution is 0.111. The summed E-state index contributed by atoms with van der Waals surface area (Å²) in [7, 11) is 0. The molecule has 2 aliphatic rings. The number of aliphatic hydroxyl groups is 1. The molecule has 0 saturated heterocycles. The van der Waals surface area contributed by atoms with E-state index in [1.165, 1.54) is 12.8 Å². The van der Waals surface area contributed by atoms with Crippen molar-refractivity contribution in [3.8, 4) is 0 Å². The molecule has 3 nitrogen and oxygen atoms in total. The molecule has 2 fully saturated rings. The zero-order chi connectivity index (χ0) is 9.80. The smallest absolute Gasteiger partial charge is 0.0693 e. The molecule has 0 aromatic carbocycles. The molecular formula is C11H21NO2. The van der Waals surface area contributed by atoms with E-state index in [0.717, 1.165) is 44.9 Å². The Balaban J connectivity index is 1.45. The van der Waals surface area contributed by atoms with Crippen molar-refractivity contribution < 1.29 is 9.84 Å². The third-order valence-corrected chi connectivity index (χ3v) is 3.18. The Bertz CT molecular complexity index is 171. The van der Waals surface area contributed by atoms with Gasteiger partial charge in [-0.25, -0.2) is 0 Å². The van der Waals surface area contributed by atoms with Gasteiger partial charge in [-0.05, 0) is 38.0 Å². The number of nitrogens with one attached hydrogen (secondary N) is 1. The van der Waals surface area contributed by atoms with E-state index in [9.17, 15) is 5.11 Å². The van der Waals surface area contributed by atoms with Crippen molar-refractivity contribution >= 4 is 0 Å². The summed E-state index contributed by atoms with van der Waals surface area (Å²) in [6.45, 7) is 2.61. The normalized spacial score (nSPS) is 32.4. The van der Waals surface area contributed by atoms with Gasteiger partial charge in [-0.1, -0.05) is 0 Å². The van der Waals surface area contributed by atoms with E-state index < -0.39 is 0 Å². The van der Waals surface area contributed by atoms with Gasteiger partial charge < -0.3 is 15.2 Å². The second-order valence-corrected chi connectivity index (χ2v) is 4.58. The molecule has 14 heavy (non-hydrogen) atoms. The summed E-state index contributed by atoms with van der Waals surface area (Å²) in [4.78, 5) is 0. The lowest BCUT2D eigenvalue weighted by atomic mass is 10.2. The van der Waals surface area contributed by atoms with Gasteiger partial charge in [-0.15, -0.1) is 0 Å². The van der Waals surface area contributed by atoms with Crippen LogP contribution in [-0.2, 0) is 4.74 Å². The summed E-state index contributed by atoms with van der Waals surface area (Å²) in [6.07, 6.45) is 5.81. The van der Waals surface area contributed by atoms with E-state index in [4.69, 9.17) is 4.74 Å². The van der Waals surface area contributed by atoms with Crippen LogP contribution in [0.1, 0.15) is 32.1 Å². The first-order valence-electron chi connectivity index (χ1n) is 5.85. The molecule has 2 N–H and O–H groups in total. The zero-order valence-corrected chi connectivity index (χ0v) is 8.74. The Hall–Kier alpha value is -0.120. The minimum atomic E-state index is -0.126. The highest BCUT2D eigenvalue weighted by Crippen LogP contribution is 2.28. The molecule has 0 unspecified atom stereocenters. The molecule has 0 aromatic rings. The predicted octanol–water partition coefficient (Wildman–Crippen LogP) is 0.916. The SMILES string of the molecule is O[C@H]1CCC[C@@H]1NCCOCC1CC1. The van der Waals surface area contributed by atoms with E-state index in [0.29, 0.717) is 6.04 Å². The number of rotatable bonds is 6. The van der Waals surface area contributed by atoms with Crippen molar-refractivity contribution in [2.75, 3.05) is 19.8 Å². The first kappa shape index (κ1) is 10.4. The van der Waals surface area contributed by atoms with Gasteiger partial charge in [0.05, 0.1) is 12.7 Å². The Morgan fingerprint density at radius 2 is 2.07 bits per heavy atom. The van der Waals surface area contributed by atoms with Crippen LogP contribution in [0.25, 0.3) is 0 Å². The molecule has 2 rings (SSSR count). The summed E-state index contributed by atoms with van der Waals surface area (Å²) < 4.78 is 5.51. The molecule has 82 valence electrons. The largest absolute Gasteiger partial charge is 0.392 e. The van der Waals surface area contributed by atoms with Crippen LogP contribution >= 0.6 is 0 Å². The number of ether oxygens (including phenoxy) is 1. The van der Waals surface area contributed by atoms with Gasteiger partial charge in [0, 0.05) is 19.2 Å². The van der Waals surface area contributed by atoms with Gasteiger partial charge in [0.25, 0.3) is 0 Å². The second kappa shape index (κ2) is 5.10. The summed E-state index contributed by atoms with van der Waals surface area (Å²) in [6, 6.07) is 0.319. The second-order valence-electron chi connectivity index (χ2n) is 4.58. The average Bonchev–Trinajstić information content (AvgIpc) is 2.91. The topological polar surface area (TPSA) is 41.5 Å². The molecule has 2 atom stereocenters. The predicted molar refractivity (Wildman–Crippen MR) is 55.2 cm³/mol. The zero-order valence-electron chi connectivity index (χ0n) is 8.74. The first-order valence-corrected chi connectivity index (χ1v) is 5.85. The maximum absolute atomic E-state index is 9.54. The van der Waals surface area contributed by atoms with Crippen LogP contribution in [0.4, 0.5) is 0 Å². The standard InChI is InChI=1S/C11H21NO2/c13-11-3-1-2-10(11)12-6-7-14-8-9-4-5-9/h9-13H,1-8H2/t10-,11-/m0/s1. The molecular weight excluding hydrogens is 178 g/mol. The molecule has 0 amide bonds. The molecule has 0 heterocycles. The van der Waals surface area contributed by atoms with E-state index in [1.54, 1.807) is 0 Å². The van der Waals surface area contributed by atoms with Crippen LogP contribution in [0.2, 0.25) is 0 Å². The van der Waals surface area contributed by atoms with E-state index in [-0.39, 0.29) is 6.10 Å². The monoisotopic (exact) mass is 199 g/mol. The highest BCUT2D eigenvalue weighted by Gasteiger charge is 2.24. The Kier molecular flexibility index (Phi) is 3.79. The molecule has 0 aliphatic heterocycles. The fourth-order valence-corrected chi connectivity index (χ4v) is 2.03. The van der Waals surface area contributed by atoms with Crippen LogP contribution in [0.15, 0.2) is 0 Å². The molecule has 3 heteroatoms. The van der Waals surface area contributed by atoms with Crippen LogP contribution < -0.4 is 5.32 Å². The molecule has 0 bridgehead atoms. The first-order chi connectivity index (χ1) is 6.86. The Labute approximate surface area is 85.8 Å². The fraction of sp³-hybridized carbons (Fsp3) is 1.00. The number of hydrogen-bond donors (Lipinski definition) is 2. The van der Waals surface area contributed by atoms with Gasteiger partial charge >= 0.3 is 0 Å². The maximum Gasteiger partial charge on any atom is 0.0693 e. The van der Waals surface area contributed by atoms with Gasteiger partial charge in [-0.3, -0.25) is 0 Å². The van der Waals surface area contributed by atoms with E-state index in [1.807, 2.05) is 0 Å².